The van der Waals surface area contributed by atoms with Crippen LogP contribution in [-0.2, 0) is 11.3 Å². The first-order valence-electron chi connectivity index (χ1n) is 5.52. The van der Waals surface area contributed by atoms with Crippen molar-refractivity contribution in [3.05, 3.63) is 33.3 Å². The summed E-state index contributed by atoms with van der Waals surface area (Å²) in [5.74, 6) is 0. The lowest BCUT2D eigenvalue weighted by Crippen LogP contribution is -2.25. The molecular formula is C12H15BrClNO. The van der Waals surface area contributed by atoms with Crippen LogP contribution < -0.4 is 5.32 Å². The number of nitrogens with one attached hydrogen (secondary N) is 1. The van der Waals surface area contributed by atoms with E-state index in [2.05, 4.69) is 21.2 Å². The highest BCUT2D eigenvalue weighted by Crippen LogP contribution is 2.23. The molecule has 0 radical (unpaired) electrons. The van der Waals surface area contributed by atoms with Crippen LogP contribution in [0.3, 0.4) is 0 Å². The Labute approximate surface area is 109 Å². The molecule has 16 heavy (non-hydrogen) atoms. The van der Waals surface area contributed by atoms with Crippen molar-refractivity contribution in [2.24, 2.45) is 0 Å². The molecule has 1 fully saturated rings. The number of rotatable bonds is 4. The zero-order chi connectivity index (χ0) is 11.4. The van der Waals surface area contributed by atoms with Gasteiger partial charge < -0.3 is 10.1 Å². The Morgan fingerprint density at radius 2 is 2.38 bits per heavy atom. The summed E-state index contributed by atoms with van der Waals surface area (Å²) in [4.78, 5) is 0. The van der Waals surface area contributed by atoms with Crippen LogP contribution in [0.1, 0.15) is 18.4 Å². The van der Waals surface area contributed by atoms with Gasteiger partial charge in [-0.25, -0.2) is 0 Å². The Morgan fingerprint density at radius 1 is 1.50 bits per heavy atom. The van der Waals surface area contributed by atoms with Crippen molar-refractivity contribution < 1.29 is 4.74 Å². The van der Waals surface area contributed by atoms with Gasteiger partial charge in [0.05, 0.1) is 11.1 Å². The molecule has 2 rings (SSSR count). The van der Waals surface area contributed by atoms with Gasteiger partial charge in [0.25, 0.3) is 0 Å². The van der Waals surface area contributed by atoms with Crippen molar-refractivity contribution in [1.29, 1.82) is 0 Å². The third-order valence-corrected chi connectivity index (χ3v) is 3.92. The third-order valence-electron chi connectivity index (χ3n) is 2.71. The summed E-state index contributed by atoms with van der Waals surface area (Å²) >= 11 is 9.35. The number of ether oxygens (including phenoxy) is 1. The van der Waals surface area contributed by atoms with Crippen LogP contribution in [0.25, 0.3) is 0 Å². The topological polar surface area (TPSA) is 21.3 Å². The smallest absolute Gasteiger partial charge is 0.0700 e. The summed E-state index contributed by atoms with van der Waals surface area (Å²) in [5.41, 5.74) is 1.23. The molecular weight excluding hydrogens is 289 g/mol. The van der Waals surface area contributed by atoms with Crippen LogP contribution in [0, 0.1) is 0 Å². The summed E-state index contributed by atoms with van der Waals surface area (Å²) in [7, 11) is 0. The molecule has 4 heteroatoms. The zero-order valence-corrected chi connectivity index (χ0v) is 11.4. The van der Waals surface area contributed by atoms with Crippen LogP contribution >= 0.6 is 27.5 Å². The van der Waals surface area contributed by atoms with Crippen LogP contribution in [-0.4, -0.2) is 19.3 Å². The van der Waals surface area contributed by atoms with Gasteiger partial charge >= 0.3 is 0 Å². The Balaban J connectivity index is 1.78. The summed E-state index contributed by atoms with van der Waals surface area (Å²) in [5, 5.41) is 4.15. The number of benzene rings is 1. The molecule has 2 nitrogen and oxygen atoms in total. The standard InChI is InChI=1S/C12H15BrClNO/c13-11-6-9(3-4-12(11)14)7-15-8-10-2-1-5-16-10/h3-4,6,10,15H,1-2,5,7-8H2. The van der Waals surface area contributed by atoms with Gasteiger partial charge in [0.15, 0.2) is 0 Å². The Morgan fingerprint density at radius 3 is 3.06 bits per heavy atom. The van der Waals surface area contributed by atoms with E-state index in [1.54, 1.807) is 0 Å². The van der Waals surface area contributed by atoms with Crippen molar-refractivity contribution in [3.8, 4) is 0 Å². The van der Waals surface area contributed by atoms with E-state index >= 15 is 0 Å². The Kier molecular flexibility index (Phi) is 4.65. The van der Waals surface area contributed by atoms with E-state index in [1.807, 2.05) is 18.2 Å². The minimum atomic E-state index is 0.399. The lowest BCUT2D eigenvalue weighted by Gasteiger charge is -2.11. The van der Waals surface area contributed by atoms with Crippen LogP contribution in [0.2, 0.25) is 5.02 Å². The highest BCUT2D eigenvalue weighted by molar-refractivity contribution is 9.10. The quantitative estimate of drug-likeness (QED) is 0.921. The van der Waals surface area contributed by atoms with E-state index in [0.29, 0.717) is 6.10 Å². The minimum Gasteiger partial charge on any atom is -0.377 e. The average molecular weight is 305 g/mol. The summed E-state index contributed by atoms with van der Waals surface area (Å²) in [6, 6.07) is 6.00. The van der Waals surface area contributed by atoms with E-state index in [-0.39, 0.29) is 0 Å². The first-order chi connectivity index (χ1) is 7.75. The van der Waals surface area contributed by atoms with E-state index in [4.69, 9.17) is 16.3 Å². The molecule has 1 aliphatic heterocycles. The molecule has 1 aromatic carbocycles. The van der Waals surface area contributed by atoms with Crippen molar-refractivity contribution in [2.45, 2.75) is 25.5 Å². The van der Waals surface area contributed by atoms with Crippen molar-refractivity contribution >= 4 is 27.5 Å². The van der Waals surface area contributed by atoms with Crippen molar-refractivity contribution in [2.75, 3.05) is 13.2 Å². The van der Waals surface area contributed by atoms with Crippen molar-refractivity contribution in [3.63, 3.8) is 0 Å². The fourth-order valence-electron chi connectivity index (χ4n) is 1.83. The van der Waals surface area contributed by atoms with Crippen LogP contribution in [0.4, 0.5) is 0 Å². The molecule has 0 amide bonds. The molecule has 1 aliphatic rings. The molecule has 1 heterocycles. The third kappa shape index (κ3) is 3.45. The number of hydrogen-bond donors (Lipinski definition) is 1. The maximum Gasteiger partial charge on any atom is 0.0700 e. The molecule has 0 aromatic heterocycles. The Bertz CT molecular complexity index is 353. The molecule has 1 N–H and O–H groups in total. The largest absolute Gasteiger partial charge is 0.377 e. The van der Waals surface area contributed by atoms with E-state index in [9.17, 15) is 0 Å². The fourth-order valence-corrected chi connectivity index (χ4v) is 2.38. The maximum atomic E-state index is 5.93. The van der Waals surface area contributed by atoms with Gasteiger partial charge in [-0.1, -0.05) is 17.7 Å². The van der Waals surface area contributed by atoms with Crippen molar-refractivity contribution in [1.82, 2.24) is 5.32 Å². The minimum absolute atomic E-state index is 0.399. The lowest BCUT2D eigenvalue weighted by molar-refractivity contribution is 0.110. The lowest BCUT2D eigenvalue weighted by atomic mass is 10.2. The second-order valence-corrected chi connectivity index (χ2v) is 5.28. The average Bonchev–Trinajstić information content (AvgIpc) is 2.76. The molecule has 0 saturated carbocycles. The van der Waals surface area contributed by atoms with E-state index in [0.717, 1.165) is 29.2 Å². The molecule has 1 saturated heterocycles. The predicted octanol–water partition coefficient (Wildman–Crippen LogP) is 3.37. The van der Waals surface area contributed by atoms with Gasteiger partial charge in [0, 0.05) is 24.2 Å². The molecule has 1 atom stereocenters. The first kappa shape index (κ1) is 12.4. The first-order valence-corrected chi connectivity index (χ1v) is 6.69. The van der Waals surface area contributed by atoms with Gasteiger partial charge in [-0.05, 0) is 46.5 Å². The fraction of sp³-hybridized carbons (Fsp3) is 0.500. The highest BCUT2D eigenvalue weighted by Gasteiger charge is 2.14. The normalized spacial score (nSPS) is 20.2. The summed E-state index contributed by atoms with van der Waals surface area (Å²) in [6.45, 7) is 2.70. The molecule has 1 unspecified atom stereocenters. The van der Waals surface area contributed by atoms with Gasteiger partial charge in [-0.15, -0.1) is 0 Å². The maximum absolute atomic E-state index is 5.93. The van der Waals surface area contributed by atoms with Gasteiger partial charge in [0.1, 0.15) is 0 Å². The van der Waals surface area contributed by atoms with Gasteiger partial charge in [0.2, 0.25) is 0 Å². The molecule has 88 valence electrons. The molecule has 0 bridgehead atoms. The number of hydrogen-bond acceptors (Lipinski definition) is 2. The number of halogens is 2. The summed E-state index contributed by atoms with van der Waals surface area (Å²) in [6.07, 6.45) is 2.77. The molecule has 1 aromatic rings. The van der Waals surface area contributed by atoms with Crippen LogP contribution in [0.15, 0.2) is 22.7 Å². The highest BCUT2D eigenvalue weighted by atomic mass is 79.9. The molecule has 0 spiro atoms. The van der Waals surface area contributed by atoms with Gasteiger partial charge in [-0.2, -0.15) is 0 Å². The van der Waals surface area contributed by atoms with E-state index < -0.39 is 0 Å². The predicted molar refractivity (Wildman–Crippen MR) is 69.8 cm³/mol. The Hall–Kier alpha value is -0.0900. The van der Waals surface area contributed by atoms with E-state index in [1.165, 1.54) is 18.4 Å². The summed E-state index contributed by atoms with van der Waals surface area (Å²) < 4.78 is 6.49. The van der Waals surface area contributed by atoms with Gasteiger partial charge in [-0.3, -0.25) is 0 Å². The monoisotopic (exact) mass is 303 g/mol. The SMILES string of the molecule is Clc1ccc(CNCC2CCCO2)cc1Br. The van der Waals surface area contributed by atoms with Crippen LogP contribution in [0.5, 0.6) is 0 Å². The second kappa shape index (κ2) is 6.01. The zero-order valence-electron chi connectivity index (χ0n) is 9.01. The molecule has 0 aliphatic carbocycles. The second-order valence-electron chi connectivity index (χ2n) is 4.01.